The van der Waals surface area contributed by atoms with Crippen LogP contribution in [0.4, 0.5) is 0 Å². The lowest BCUT2D eigenvalue weighted by atomic mass is 10.1. The zero-order valence-electron chi connectivity index (χ0n) is 10.7. The van der Waals surface area contributed by atoms with E-state index >= 15 is 0 Å². The van der Waals surface area contributed by atoms with Gasteiger partial charge in [-0.2, -0.15) is 4.98 Å². The van der Waals surface area contributed by atoms with Crippen molar-refractivity contribution in [3.63, 3.8) is 0 Å². The monoisotopic (exact) mass is 310 g/mol. The summed E-state index contributed by atoms with van der Waals surface area (Å²) in [6.45, 7) is 6.37. The lowest BCUT2D eigenvalue weighted by molar-refractivity contribution is 0.285. The second-order valence-corrected chi connectivity index (χ2v) is 4.91. The van der Waals surface area contributed by atoms with Crippen LogP contribution in [-0.4, -0.2) is 10.1 Å². The minimum atomic E-state index is 0.323. The third kappa shape index (κ3) is 2.90. The maximum absolute atomic E-state index is 5.66. The summed E-state index contributed by atoms with van der Waals surface area (Å²) in [5.41, 5.74) is 2.29. The first-order valence-corrected chi connectivity index (χ1v) is 6.60. The van der Waals surface area contributed by atoms with Crippen molar-refractivity contribution in [1.29, 1.82) is 0 Å². The first-order chi connectivity index (χ1) is 8.60. The second kappa shape index (κ2) is 5.52. The number of ether oxygens (including phenoxy) is 1. The summed E-state index contributed by atoms with van der Waals surface area (Å²) in [6, 6.07) is 3.97. The van der Waals surface area contributed by atoms with E-state index in [-0.39, 0.29) is 0 Å². The number of hydrogen-bond donors (Lipinski definition) is 0. The van der Waals surface area contributed by atoms with Crippen molar-refractivity contribution in [2.75, 3.05) is 0 Å². The van der Waals surface area contributed by atoms with E-state index in [9.17, 15) is 0 Å². The van der Waals surface area contributed by atoms with Crippen LogP contribution in [0.1, 0.15) is 29.8 Å². The van der Waals surface area contributed by atoms with E-state index in [1.165, 1.54) is 0 Å². The smallest absolute Gasteiger partial charge is 0.226 e. The van der Waals surface area contributed by atoms with Crippen molar-refractivity contribution in [2.24, 2.45) is 0 Å². The molecule has 0 saturated carbocycles. The largest absolute Gasteiger partial charge is 0.485 e. The Kier molecular flexibility index (Phi) is 4.01. The molecule has 1 aromatic carbocycles. The van der Waals surface area contributed by atoms with Gasteiger partial charge in [0.05, 0.1) is 0 Å². The highest BCUT2D eigenvalue weighted by Crippen LogP contribution is 2.26. The van der Waals surface area contributed by atoms with Crippen molar-refractivity contribution in [2.45, 2.75) is 33.8 Å². The molecule has 0 aliphatic rings. The highest BCUT2D eigenvalue weighted by molar-refractivity contribution is 9.10. The Hall–Kier alpha value is -1.36. The fourth-order valence-electron chi connectivity index (χ4n) is 1.63. The number of halogens is 1. The molecule has 0 spiro atoms. The van der Waals surface area contributed by atoms with E-state index in [4.69, 9.17) is 9.26 Å². The highest BCUT2D eigenvalue weighted by atomic mass is 79.9. The SMILES string of the molecule is CCc1nc(COc2cc(C)c(Br)c(C)c2)no1. The molecule has 0 unspecified atom stereocenters. The lowest BCUT2D eigenvalue weighted by Gasteiger charge is -2.08. The predicted octanol–water partition coefficient (Wildman–Crippen LogP) is 3.59. The number of rotatable bonds is 4. The Bertz CT molecular complexity index is 529. The van der Waals surface area contributed by atoms with Crippen LogP contribution < -0.4 is 4.74 Å². The van der Waals surface area contributed by atoms with E-state index in [2.05, 4.69) is 26.1 Å². The number of aromatic nitrogens is 2. The average molecular weight is 311 g/mol. The van der Waals surface area contributed by atoms with Crippen LogP contribution in [0.2, 0.25) is 0 Å². The van der Waals surface area contributed by atoms with Crippen LogP contribution in [0, 0.1) is 13.8 Å². The van der Waals surface area contributed by atoms with Gasteiger partial charge >= 0.3 is 0 Å². The fourth-order valence-corrected chi connectivity index (χ4v) is 1.86. The molecule has 2 aromatic rings. The zero-order valence-corrected chi connectivity index (χ0v) is 12.2. The summed E-state index contributed by atoms with van der Waals surface area (Å²) in [4.78, 5) is 4.19. The number of benzene rings is 1. The molecule has 4 nitrogen and oxygen atoms in total. The lowest BCUT2D eigenvalue weighted by Crippen LogP contribution is -1.98. The number of nitrogens with zero attached hydrogens (tertiary/aromatic N) is 2. The van der Waals surface area contributed by atoms with Gasteiger partial charge in [0.1, 0.15) is 5.75 Å². The van der Waals surface area contributed by atoms with Gasteiger partial charge in [0.25, 0.3) is 0 Å². The van der Waals surface area contributed by atoms with Gasteiger partial charge in [0, 0.05) is 10.9 Å². The number of hydrogen-bond acceptors (Lipinski definition) is 4. The topological polar surface area (TPSA) is 48.2 Å². The molecule has 0 saturated heterocycles. The third-order valence-electron chi connectivity index (χ3n) is 2.59. The molecule has 0 aliphatic heterocycles. The van der Waals surface area contributed by atoms with Crippen LogP contribution in [0.25, 0.3) is 0 Å². The Labute approximate surface area is 114 Å². The Morgan fingerprint density at radius 2 is 1.94 bits per heavy atom. The average Bonchev–Trinajstić information content (AvgIpc) is 2.81. The Balaban J connectivity index is 2.06. The van der Waals surface area contributed by atoms with Crippen LogP contribution in [0.3, 0.4) is 0 Å². The highest BCUT2D eigenvalue weighted by Gasteiger charge is 2.07. The van der Waals surface area contributed by atoms with Gasteiger partial charge in [-0.25, -0.2) is 0 Å². The molecular weight excluding hydrogens is 296 g/mol. The van der Waals surface area contributed by atoms with Gasteiger partial charge < -0.3 is 9.26 Å². The van der Waals surface area contributed by atoms with Gasteiger partial charge in [-0.05, 0) is 37.1 Å². The fraction of sp³-hybridized carbons (Fsp3) is 0.385. The van der Waals surface area contributed by atoms with Crippen LogP contribution >= 0.6 is 15.9 Å². The van der Waals surface area contributed by atoms with Gasteiger partial charge in [-0.1, -0.05) is 28.0 Å². The van der Waals surface area contributed by atoms with Gasteiger partial charge in [0.2, 0.25) is 11.7 Å². The van der Waals surface area contributed by atoms with Crippen LogP contribution in [0.5, 0.6) is 5.75 Å². The van der Waals surface area contributed by atoms with E-state index in [1.54, 1.807) is 0 Å². The van der Waals surface area contributed by atoms with Crippen molar-refractivity contribution < 1.29 is 9.26 Å². The molecule has 0 amide bonds. The predicted molar refractivity (Wildman–Crippen MR) is 71.6 cm³/mol. The summed E-state index contributed by atoms with van der Waals surface area (Å²) < 4.78 is 11.8. The van der Waals surface area contributed by atoms with E-state index in [0.29, 0.717) is 18.3 Å². The minimum Gasteiger partial charge on any atom is -0.485 e. The molecule has 0 radical (unpaired) electrons. The normalized spacial score (nSPS) is 10.7. The third-order valence-corrected chi connectivity index (χ3v) is 3.84. The summed E-state index contributed by atoms with van der Waals surface area (Å²) in [6.07, 6.45) is 0.740. The van der Waals surface area contributed by atoms with Crippen molar-refractivity contribution in [3.05, 3.63) is 39.4 Å². The molecular formula is C13H15BrN2O2. The summed E-state index contributed by atoms with van der Waals surface area (Å²) in [5, 5.41) is 3.84. The zero-order chi connectivity index (χ0) is 13.1. The van der Waals surface area contributed by atoms with Crippen molar-refractivity contribution in [3.8, 4) is 5.75 Å². The quantitative estimate of drug-likeness (QED) is 0.866. The molecule has 0 aliphatic carbocycles. The molecule has 0 fully saturated rings. The van der Waals surface area contributed by atoms with Gasteiger partial charge in [-0.15, -0.1) is 0 Å². The Morgan fingerprint density at radius 1 is 1.28 bits per heavy atom. The van der Waals surface area contributed by atoms with E-state index in [1.807, 2.05) is 32.9 Å². The minimum absolute atomic E-state index is 0.323. The molecule has 18 heavy (non-hydrogen) atoms. The van der Waals surface area contributed by atoms with Crippen molar-refractivity contribution >= 4 is 15.9 Å². The summed E-state index contributed by atoms with van der Waals surface area (Å²) >= 11 is 3.53. The van der Waals surface area contributed by atoms with Gasteiger partial charge in [-0.3, -0.25) is 0 Å². The molecule has 0 bridgehead atoms. The van der Waals surface area contributed by atoms with E-state index in [0.717, 1.165) is 27.8 Å². The summed E-state index contributed by atoms with van der Waals surface area (Å²) in [7, 11) is 0. The molecule has 1 aromatic heterocycles. The van der Waals surface area contributed by atoms with E-state index < -0.39 is 0 Å². The summed E-state index contributed by atoms with van der Waals surface area (Å²) in [5.74, 6) is 2.03. The Morgan fingerprint density at radius 3 is 2.50 bits per heavy atom. The standard InChI is InChI=1S/C13H15BrN2O2/c1-4-12-15-11(16-18-12)7-17-10-5-8(2)13(14)9(3)6-10/h5-6H,4,7H2,1-3H3. The number of aryl methyl sites for hydroxylation is 3. The second-order valence-electron chi connectivity index (χ2n) is 4.12. The molecule has 2 rings (SSSR count). The maximum atomic E-state index is 5.66. The molecule has 1 heterocycles. The van der Waals surface area contributed by atoms with Gasteiger partial charge in [0.15, 0.2) is 6.61 Å². The molecule has 5 heteroatoms. The maximum Gasteiger partial charge on any atom is 0.226 e. The van der Waals surface area contributed by atoms with Crippen molar-refractivity contribution in [1.82, 2.24) is 10.1 Å². The van der Waals surface area contributed by atoms with Crippen LogP contribution in [-0.2, 0) is 13.0 Å². The molecule has 96 valence electrons. The molecule has 0 atom stereocenters. The first kappa shape index (κ1) is 13.1. The molecule has 0 N–H and O–H groups in total. The first-order valence-electron chi connectivity index (χ1n) is 5.81. The van der Waals surface area contributed by atoms with Crippen LogP contribution in [0.15, 0.2) is 21.1 Å².